The maximum atomic E-state index is 13.0. The lowest BCUT2D eigenvalue weighted by molar-refractivity contribution is -0.115. The topological polar surface area (TPSA) is 88.3 Å². The first kappa shape index (κ1) is 22.2. The minimum absolute atomic E-state index is 0.125. The van der Waals surface area contributed by atoms with Crippen molar-refractivity contribution in [3.8, 4) is 17.6 Å². The standard InChI is InChI=1S/C25H32N4O3/c1-16-17(2)29(19-8-6-5-7-9-19)24(20(16)13-26)28-23(30)14-27-25(3,4)18-10-11-21-22(12-18)32-15-31-21/h10-12,19,27H,5-9,14-15H2,1-4H3,(H,28,30). The number of aromatic nitrogens is 1. The second-order valence-corrected chi connectivity index (χ2v) is 9.30. The first-order chi connectivity index (χ1) is 15.3. The molecule has 2 aromatic rings. The largest absolute Gasteiger partial charge is 0.454 e. The predicted molar refractivity (Wildman–Crippen MR) is 123 cm³/mol. The Hall–Kier alpha value is -2.98. The highest BCUT2D eigenvalue weighted by atomic mass is 16.7. The van der Waals surface area contributed by atoms with Crippen LogP contribution in [0.3, 0.4) is 0 Å². The first-order valence-electron chi connectivity index (χ1n) is 11.4. The van der Waals surface area contributed by atoms with E-state index in [4.69, 9.17) is 9.47 Å². The van der Waals surface area contributed by atoms with E-state index in [0.717, 1.165) is 41.2 Å². The van der Waals surface area contributed by atoms with Gasteiger partial charge in [-0.05, 0) is 63.8 Å². The van der Waals surface area contributed by atoms with Crippen LogP contribution in [-0.4, -0.2) is 23.8 Å². The van der Waals surface area contributed by atoms with E-state index in [0.29, 0.717) is 17.4 Å². The number of benzene rings is 1. The van der Waals surface area contributed by atoms with Gasteiger partial charge in [-0.15, -0.1) is 0 Å². The lowest BCUT2D eigenvalue weighted by Crippen LogP contribution is -2.41. The maximum absolute atomic E-state index is 13.0. The third kappa shape index (κ3) is 4.20. The van der Waals surface area contributed by atoms with E-state index >= 15 is 0 Å². The van der Waals surface area contributed by atoms with Gasteiger partial charge in [0, 0.05) is 17.3 Å². The molecule has 7 heteroatoms. The van der Waals surface area contributed by atoms with Gasteiger partial charge in [-0.2, -0.15) is 5.26 Å². The highest BCUT2D eigenvalue weighted by molar-refractivity contribution is 5.93. The molecular weight excluding hydrogens is 404 g/mol. The van der Waals surface area contributed by atoms with Gasteiger partial charge in [0.15, 0.2) is 11.5 Å². The number of rotatable bonds is 6. The number of anilines is 1. The number of amides is 1. The fourth-order valence-electron chi connectivity index (χ4n) is 4.75. The number of carbonyl (C=O) groups excluding carboxylic acids is 1. The van der Waals surface area contributed by atoms with Crippen LogP contribution in [0.1, 0.15) is 74.4 Å². The van der Waals surface area contributed by atoms with Crippen LogP contribution >= 0.6 is 0 Å². The van der Waals surface area contributed by atoms with Gasteiger partial charge in [-0.3, -0.25) is 10.1 Å². The summed E-state index contributed by atoms with van der Waals surface area (Å²) in [4.78, 5) is 13.0. The fraction of sp³-hybridized carbons (Fsp3) is 0.520. The number of nitriles is 1. The summed E-state index contributed by atoms with van der Waals surface area (Å²) < 4.78 is 13.1. The van der Waals surface area contributed by atoms with Gasteiger partial charge >= 0.3 is 0 Å². The molecule has 0 radical (unpaired) electrons. The molecule has 7 nitrogen and oxygen atoms in total. The number of fused-ring (bicyclic) bond motifs is 1. The van der Waals surface area contributed by atoms with Crippen molar-refractivity contribution in [3.63, 3.8) is 0 Å². The van der Waals surface area contributed by atoms with Gasteiger partial charge in [0.05, 0.1) is 12.1 Å². The lowest BCUT2D eigenvalue weighted by atomic mass is 9.94. The van der Waals surface area contributed by atoms with Gasteiger partial charge in [-0.25, -0.2) is 0 Å². The Morgan fingerprint density at radius 2 is 1.91 bits per heavy atom. The molecule has 2 N–H and O–H groups in total. The Balaban J connectivity index is 1.49. The van der Waals surface area contributed by atoms with Crippen LogP contribution in [0.4, 0.5) is 5.82 Å². The monoisotopic (exact) mass is 436 g/mol. The third-order valence-corrected chi connectivity index (χ3v) is 6.85. The molecule has 0 spiro atoms. The fourth-order valence-corrected chi connectivity index (χ4v) is 4.75. The van der Waals surface area contributed by atoms with Crippen molar-refractivity contribution in [1.29, 1.82) is 5.26 Å². The van der Waals surface area contributed by atoms with E-state index in [9.17, 15) is 10.1 Å². The van der Waals surface area contributed by atoms with Gasteiger partial charge in [0.2, 0.25) is 12.7 Å². The molecule has 0 saturated heterocycles. The summed E-state index contributed by atoms with van der Waals surface area (Å²) >= 11 is 0. The molecule has 1 aliphatic heterocycles. The molecule has 1 fully saturated rings. The molecule has 1 saturated carbocycles. The minimum atomic E-state index is -0.451. The molecule has 1 aliphatic carbocycles. The summed E-state index contributed by atoms with van der Waals surface area (Å²) in [6, 6.07) is 8.46. The SMILES string of the molecule is Cc1c(C#N)c(NC(=O)CNC(C)(C)c2ccc3c(c2)OCO3)n(C2CCCCC2)c1C. The average Bonchev–Trinajstić information content (AvgIpc) is 3.35. The van der Waals surface area contributed by atoms with E-state index < -0.39 is 5.54 Å². The van der Waals surface area contributed by atoms with Crippen LogP contribution in [0.2, 0.25) is 0 Å². The molecule has 4 rings (SSSR count). The Morgan fingerprint density at radius 3 is 2.62 bits per heavy atom. The molecule has 0 atom stereocenters. The van der Waals surface area contributed by atoms with Crippen LogP contribution in [0, 0.1) is 25.2 Å². The Kier molecular flexibility index (Phi) is 6.16. The van der Waals surface area contributed by atoms with Crippen molar-refractivity contribution < 1.29 is 14.3 Å². The molecular formula is C25H32N4O3. The number of nitrogens with zero attached hydrogens (tertiary/aromatic N) is 2. The quantitative estimate of drug-likeness (QED) is 0.687. The van der Waals surface area contributed by atoms with Crippen LogP contribution in [0.5, 0.6) is 11.5 Å². The summed E-state index contributed by atoms with van der Waals surface area (Å²) in [7, 11) is 0. The normalized spacial score (nSPS) is 16.1. The number of hydrogen-bond donors (Lipinski definition) is 2. The van der Waals surface area contributed by atoms with E-state index in [2.05, 4.69) is 21.3 Å². The number of carbonyl (C=O) groups is 1. The average molecular weight is 437 g/mol. The maximum Gasteiger partial charge on any atom is 0.239 e. The van der Waals surface area contributed by atoms with Crippen LogP contribution in [-0.2, 0) is 10.3 Å². The molecule has 2 heterocycles. The first-order valence-corrected chi connectivity index (χ1v) is 11.4. The summed E-state index contributed by atoms with van der Waals surface area (Å²) in [5.41, 5.74) is 3.13. The smallest absolute Gasteiger partial charge is 0.239 e. The summed E-state index contributed by atoms with van der Waals surface area (Å²) in [5, 5.41) is 16.2. The molecule has 170 valence electrons. The second kappa shape index (κ2) is 8.87. The summed E-state index contributed by atoms with van der Waals surface area (Å²) in [5.74, 6) is 1.93. The second-order valence-electron chi connectivity index (χ2n) is 9.30. The van der Waals surface area contributed by atoms with Crippen LogP contribution < -0.4 is 20.1 Å². The molecule has 2 aliphatic rings. The van der Waals surface area contributed by atoms with Crippen molar-refractivity contribution in [1.82, 2.24) is 9.88 Å². The highest BCUT2D eigenvalue weighted by Crippen LogP contribution is 2.37. The summed E-state index contributed by atoms with van der Waals surface area (Å²) in [6.45, 7) is 8.41. The molecule has 32 heavy (non-hydrogen) atoms. The molecule has 0 bridgehead atoms. The van der Waals surface area contributed by atoms with Crippen LogP contribution in [0.25, 0.3) is 0 Å². The number of hydrogen-bond acceptors (Lipinski definition) is 5. The summed E-state index contributed by atoms with van der Waals surface area (Å²) in [6.07, 6.45) is 5.78. The van der Waals surface area contributed by atoms with Gasteiger partial charge in [-0.1, -0.05) is 25.3 Å². The number of ether oxygens (including phenoxy) is 2. The minimum Gasteiger partial charge on any atom is -0.454 e. The highest BCUT2D eigenvalue weighted by Gasteiger charge is 2.27. The zero-order chi connectivity index (χ0) is 22.9. The van der Waals surface area contributed by atoms with E-state index in [1.807, 2.05) is 45.9 Å². The van der Waals surface area contributed by atoms with Gasteiger partial charge in [0.1, 0.15) is 11.9 Å². The van der Waals surface area contributed by atoms with Crippen LogP contribution in [0.15, 0.2) is 18.2 Å². The van der Waals surface area contributed by atoms with Crippen molar-refractivity contribution in [3.05, 3.63) is 40.6 Å². The van der Waals surface area contributed by atoms with E-state index in [1.54, 1.807) is 0 Å². The molecule has 1 aromatic heterocycles. The van der Waals surface area contributed by atoms with Crippen molar-refractivity contribution in [2.24, 2.45) is 0 Å². The van der Waals surface area contributed by atoms with E-state index in [-0.39, 0.29) is 19.2 Å². The Bertz CT molecular complexity index is 1060. The lowest BCUT2D eigenvalue weighted by Gasteiger charge is -2.28. The van der Waals surface area contributed by atoms with Crippen molar-refractivity contribution in [2.75, 3.05) is 18.7 Å². The van der Waals surface area contributed by atoms with Gasteiger partial charge < -0.3 is 19.4 Å². The van der Waals surface area contributed by atoms with Gasteiger partial charge in [0.25, 0.3) is 0 Å². The van der Waals surface area contributed by atoms with E-state index in [1.165, 1.54) is 19.3 Å². The van der Waals surface area contributed by atoms with Crippen molar-refractivity contribution in [2.45, 2.75) is 71.4 Å². The zero-order valence-corrected chi connectivity index (χ0v) is 19.4. The van der Waals surface area contributed by atoms with Crippen molar-refractivity contribution >= 4 is 11.7 Å². The molecule has 0 unspecified atom stereocenters. The third-order valence-electron chi connectivity index (χ3n) is 6.85. The number of nitrogens with one attached hydrogen (secondary N) is 2. The molecule has 1 aromatic carbocycles. The Morgan fingerprint density at radius 1 is 1.19 bits per heavy atom. The Labute approximate surface area is 189 Å². The zero-order valence-electron chi connectivity index (χ0n) is 19.4. The predicted octanol–water partition coefficient (Wildman–Crippen LogP) is 4.67. The molecule has 1 amide bonds.